The molecule has 0 saturated carbocycles. The smallest absolute Gasteiger partial charge is 0.360 e. The van der Waals surface area contributed by atoms with Gasteiger partial charge >= 0.3 is 5.97 Å². The van der Waals surface area contributed by atoms with Crippen LogP contribution in [0.3, 0.4) is 0 Å². The molecule has 2 aromatic rings. The van der Waals surface area contributed by atoms with Gasteiger partial charge in [0.15, 0.2) is 5.69 Å². The fourth-order valence-corrected chi connectivity index (χ4v) is 2.32. The minimum absolute atomic E-state index is 0.0950. The van der Waals surface area contributed by atoms with Crippen molar-refractivity contribution in [2.75, 3.05) is 12.3 Å². The minimum Gasteiger partial charge on any atom is -0.461 e. The molecule has 0 saturated heterocycles. The molecular weight excluding hydrogens is 273 g/mol. The normalized spacial score (nSPS) is 12.2. The number of imidazole rings is 1. The van der Waals surface area contributed by atoms with E-state index in [9.17, 15) is 9.18 Å². The Hall–Kier alpha value is -2.37. The maximum atomic E-state index is 13.3. The van der Waals surface area contributed by atoms with Gasteiger partial charge in [-0.15, -0.1) is 0 Å². The lowest BCUT2D eigenvalue weighted by molar-refractivity contribution is 0.0521. The van der Waals surface area contributed by atoms with Gasteiger partial charge in [-0.25, -0.2) is 14.2 Å². The number of nitrogen functional groups attached to an aromatic ring is 1. The maximum absolute atomic E-state index is 13.3. The predicted molar refractivity (Wildman–Crippen MR) is 77.5 cm³/mol. The Labute approximate surface area is 122 Å². The van der Waals surface area contributed by atoms with E-state index in [0.29, 0.717) is 5.82 Å². The molecule has 1 atom stereocenters. The molecular formula is C15H18FN3O2. The summed E-state index contributed by atoms with van der Waals surface area (Å²) in [4.78, 5) is 16.0. The number of anilines is 1. The molecule has 1 aromatic carbocycles. The highest BCUT2D eigenvalue weighted by molar-refractivity contribution is 5.92. The van der Waals surface area contributed by atoms with E-state index in [1.807, 2.05) is 6.92 Å². The number of ether oxygens (including phenoxy) is 1. The van der Waals surface area contributed by atoms with Crippen molar-refractivity contribution in [2.45, 2.75) is 26.8 Å². The van der Waals surface area contributed by atoms with Crippen LogP contribution in [0.4, 0.5) is 10.2 Å². The summed E-state index contributed by atoms with van der Waals surface area (Å²) in [7, 11) is 0. The van der Waals surface area contributed by atoms with E-state index in [2.05, 4.69) is 4.98 Å². The van der Waals surface area contributed by atoms with Gasteiger partial charge in [-0.3, -0.25) is 0 Å². The third-order valence-electron chi connectivity index (χ3n) is 3.31. The second kappa shape index (κ2) is 5.95. The first-order valence-electron chi connectivity index (χ1n) is 6.72. The van der Waals surface area contributed by atoms with Crippen molar-refractivity contribution in [3.63, 3.8) is 0 Å². The molecule has 0 radical (unpaired) electrons. The molecule has 5 nitrogen and oxygen atoms in total. The van der Waals surface area contributed by atoms with E-state index in [4.69, 9.17) is 10.5 Å². The van der Waals surface area contributed by atoms with Gasteiger partial charge in [0.1, 0.15) is 17.5 Å². The van der Waals surface area contributed by atoms with Gasteiger partial charge in [-0.05, 0) is 38.5 Å². The Morgan fingerprint density at radius 2 is 2.24 bits per heavy atom. The molecule has 0 amide bonds. The molecule has 2 rings (SSSR count). The third kappa shape index (κ3) is 2.89. The maximum Gasteiger partial charge on any atom is 0.360 e. The average Bonchev–Trinajstić information content (AvgIpc) is 2.73. The van der Waals surface area contributed by atoms with Gasteiger partial charge < -0.3 is 15.0 Å². The lowest BCUT2D eigenvalue weighted by atomic mass is 10.1. The van der Waals surface area contributed by atoms with Gasteiger partial charge in [0.05, 0.1) is 12.6 Å². The molecule has 1 aromatic heterocycles. The number of aryl methyl sites for hydroxylation is 1. The summed E-state index contributed by atoms with van der Waals surface area (Å²) >= 11 is 0. The summed E-state index contributed by atoms with van der Waals surface area (Å²) in [6.07, 6.45) is 0. The van der Waals surface area contributed by atoms with Gasteiger partial charge in [-0.2, -0.15) is 0 Å². The van der Waals surface area contributed by atoms with Crippen LogP contribution in [0.2, 0.25) is 0 Å². The highest BCUT2D eigenvalue weighted by Gasteiger charge is 2.23. The summed E-state index contributed by atoms with van der Waals surface area (Å²) in [5.41, 5.74) is 6.86. The first kappa shape index (κ1) is 15.0. The number of benzene rings is 1. The highest BCUT2D eigenvalue weighted by atomic mass is 19.1. The zero-order valence-corrected chi connectivity index (χ0v) is 12.3. The summed E-state index contributed by atoms with van der Waals surface area (Å²) in [5.74, 6) is -0.0698. The van der Waals surface area contributed by atoms with Gasteiger partial charge in [0, 0.05) is 0 Å². The van der Waals surface area contributed by atoms with Crippen LogP contribution in [-0.4, -0.2) is 22.1 Å². The fourth-order valence-electron chi connectivity index (χ4n) is 2.32. The lowest BCUT2D eigenvalue weighted by Gasteiger charge is -2.17. The van der Waals surface area contributed by atoms with Crippen LogP contribution in [0, 0.1) is 12.7 Å². The molecule has 1 unspecified atom stereocenters. The van der Waals surface area contributed by atoms with Crippen molar-refractivity contribution < 1.29 is 13.9 Å². The zero-order chi connectivity index (χ0) is 15.6. The third-order valence-corrected chi connectivity index (χ3v) is 3.31. The van der Waals surface area contributed by atoms with E-state index in [-0.39, 0.29) is 30.0 Å². The Kier molecular flexibility index (Phi) is 4.26. The van der Waals surface area contributed by atoms with E-state index in [0.717, 1.165) is 5.56 Å². The standard InChI is InChI=1S/C15H18FN3O2/c1-4-21-15(20)13-14(17)19(10(3)18-13)9(2)11-6-5-7-12(16)8-11/h5-9H,4,17H2,1-3H3. The van der Waals surface area contributed by atoms with Crippen LogP contribution in [-0.2, 0) is 4.74 Å². The molecule has 0 spiro atoms. The van der Waals surface area contributed by atoms with Gasteiger partial charge in [0.2, 0.25) is 0 Å². The molecule has 0 aliphatic rings. The number of nitrogens with two attached hydrogens (primary N) is 1. The Morgan fingerprint density at radius 1 is 1.52 bits per heavy atom. The first-order valence-corrected chi connectivity index (χ1v) is 6.72. The lowest BCUT2D eigenvalue weighted by Crippen LogP contribution is -2.14. The monoisotopic (exact) mass is 291 g/mol. The second-order valence-corrected chi connectivity index (χ2v) is 4.71. The molecule has 2 N–H and O–H groups in total. The SMILES string of the molecule is CCOC(=O)c1nc(C)n(C(C)c2cccc(F)c2)c1N. The van der Waals surface area contributed by atoms with Crippen LogP contribution in [0.5, 0.6) is 0 Å². The molecule has 21 heavy (non-hydrogen) atoms. The minimum atomic E-state index is -0.553. The van der Waals surface area contributed by atoms with Crippen LogP contribution in [0.1, 0.15) is 41.8 Å². The Morgan fingerprint density at radius 3 is 2.86 bits per heavy atom. The molecule has 112 valence electrons. The second-order valence-electron chi connectivity index (χ2n) is 4.71. The number of nitrogens with zero attached hydrogens (tertiary/aromatic N) is 2. The number of carbonyl (C=O) groups excluding carboxylic acids is 1. The van der Waals surface area contributed by atoms with Crippen LogP contribution in [0.25, 0.3) is 0 Å². The van der Waals surface area contributed by atoms with Crippen LogP contribution in [0.15, 0.2) is 24.3 Å². The van der Waals surface area contributed by atoms with Crippen molar-refractivity contribution in [2.24, 2.45) is 0 Å². The zero-order valence-electron chi connectivity index (χ0n) is 12.3. The highest BCUT2D eigenvalue weighted by Crippen LogP contribution is 2.26. The van der Waals surface area contributed by atoms with Crippen molar-refractivity contribution in [3.8, 4) is 0 Å². The van der Waals surface area contributed by atoms with E-state index in [1.54, 1.807) is 30.5 Å². The van der Waals surface area contributed by atoms with Gasteiger partial charge in [0.25, 0.3) is 0 Å². The quantitative estimate of drug-likeness (QED) is 0.879. The first-order chi connectivity index (χ1) is 9.95. The van der Waals surface area contributed by atoms with E-state index >= 15 is 0 Å². The number of hydrogen-bond donors (Lipinski definition) is 1. The van der Waals surface area contributed by atoms with Gasteiger partial charge in [-0.1, -0.05) is 12.1 Å². The number of aromatic nitrogens is 2. The van der Waals surface area contributed by atoms with Crippen LogP contribution < -0.4 is 5.73 Å². The Balaban J connectivity index is 2.42. The van der Waals surface area contributed by atoms with Crippen molar-refractivity contribution in [3.05, 3.63) is 47.2 Å². The summed E-state index contributed by atoms with van der Waals surface area (Å²) in [5, 5.41) is 0. The molecule has 0 aliphatic heterocycles. The van der Waals surface area contributed by atoms with Crippen molar-refractivity contribution >= 4 is 11.8 Å². The van der Waals surface area contributed by atoms with E-state index < -0.39 is 5.97 Å². The topological polar surface area (TPSA) is 70.1 Å². The number of carbonyl (C=O) groups is 1. The van der Waals surface area contributed by atoms with Crippen LogP contribution >= 0.6 is 0 Å². The Bertz CT molecular complexity index is 667. The van der Waals surface area contributed by atoms with Crippen molar-refractivity contribution in [1.29, 1.82) is 0 Å². The molecule has 1 heterocycles. The molecule has 6 heteroatoms. The number of halogens is 1. The molecule has 0 bridgehead atoms. The predicted octanol–water partition coefficient (Wildman–Crippen LogP) is 2.70. The fraction of sp³-hybridized carbons (Fsp3) is 0.333. The molecule has 0 fully saturated rings. The summed E-state index contributed by atoms with van der Waals surface area (Å²) in [6.45, 7) is 5.58. The number of esters is 1. The largest absolute Gasteiger partial charge is 0.461 e. The van der Waals surface area contributed by atoms with E-state index in [1.165, 1.54) is 12.1 Å². The molecule has 0 aliphatic carbocycles. The number of hydrogen-bond acceptors (Lipinski definition) is 4. The number of rotatable bonds is 4. The average molecular weight is 291 g/mol. The van der Waals surface area contributed by atoms with Crippen molar-refractivity contribution in [1.82, 2.24) is 9.55 Å². The summed E-state index contributed by atoms with van der Waals surface area (Å²) < 4.78 is 20.0. The summed E-state index contributed by atoms with van der Waals surface area (Å²) in [6, 6.07) is 6.02.